The van der Waals surface area contributed by atoms with E-state index in [9.17, 15) is 4.39 Å². The van der Waals surface area contributed by atoms with Crippen molar-refractivity contribution in [2.75, 3.05) is 44.6 Å². The summed E-state index contributed by atoms with van der Waals surface area (Å²) in [6.07, 6.45) is 3.05. The lowest BCUT2D eigenvalue weighted by molar-refractivity contribution is 0.146. The van der Waals surface area contributed by atoms with Crippen LogP contribution in [-0.2, 0) is 0 Å². The van der Waals surface area contributed by atoms with E-state index in [2.05, 4.69) is 37.0 Å². The largest absolute Gasteiger partial charge is 0.395 e. The lowest BCUT2D eigenvalue weighted by atomic mass is 10.2. The molecule has 2 heterocycles. The molecule has 0 bridgehead atoms. The maximum absolute atomic E-state index is 14.0. The first-order valence-electron chi connectivity index (χ1n) is 10.7. The van der Waals surface area contributed by atoms with E-state index in [1.807, 2.05) is 31.2 Å². The third-order valence-corrected chi connectivity index (χ3v) is 5.49. The van der Waals surface area contributed by atoms with Gasteiger partial charge in [-0.3, -0.25) is 9.88 Å². The number of benzene rings is 1. The third kappa shape index (κ3) is 7.08. The van der Waals surface area contributed by atoms with E-state index in [0.29, 0.717) is 43.4 Å². The number of hydrogen-bond acceptors (Lipinski definition) is 6. The first-order valence-corrected chi connectivity index (χ1v) is 11.1. The number of aliphatic hydroxyl groups excluding tert-OH is 1. The molecule has 0 radical (unpaired) electrons. The number of nitrogens with zero attached hydrogens (tertiary/aromatic N) is 6. The fourth-order valence-electron chi connectivity index (χ4n) is 3.44. The van der Waals surface area contributed by atoms with Gasteiger partial charge in [0.05, 0.1) is 29.2 Å². The first-order chi connectivity index (χ1) is 16.4. The second-order valence-corrected chi connectivity index (χ2v) is 8.03. The molecular formula is C23H28ClFN8O. The van der Waals surface area contributed by atoms with Crippen LogP contribution in [0, 0.1) is 6.92 Å². The molecule has 3 rings (SSSR count). The van der Waals surface area contributed by atoms with E-state index in [1.165, 1.54) is 6.21 Å². The van der Waals surface area contributed by atoms with Gasteiger partial charge in [0.25, 0.3) is 0 Å². The van der Waals surface area contributed by atoms with Crippen molar-refractivity contribution in [1.29, 1.82) is 0 Å². The highest BCUT2D eigenvalue weighted by atomic mass is 35.5. The van der Waals surface area contributed by atoms with Crippen molar-refractivity contribution in [3.8, 4) is 0 Å². The molecule has 0 amide bonds. The minimum atomic E-state index is -0.701. The number of nitrogens with two attached hydrogens (primary N) is 1. The minimum absolute atomic E-state index is 0.0273. The molecule has 0 spiro atoms. The number of aliphatic hydroxyl groups is 1. The summed E-state index contributed by atoms with van der Waals surface area (Å²) in [6, 6.07) is 9.25. The number of rotatable bonds is 7. The van der Waals surface area contributed by atoms with Crippen LogP contribution in [-0.4, -0.2) is 77.2 Å². The standard InChI is InChI=1S/C23H28ClFN8O/c1-16-4-3-5-20(24)21(16)29-18-6-7-27-19(14-18)15-28-31-23(26)30-22(17(2)25)33-10-8-32(9-11-33)12-13-34/h3-7,14-15,34H,2,8-13H2,1H3,(H2,26,31)(H,27,29)/b28-15+,30-22+. The SMILES string of the molecule is C=C(F)\C(=N/C(N)=N\N=C\c1cc(Nc2c(C)cccc2Cl)ccn1)N1CCN(CCO)CC1. The van der Waals surface area contributed by atoms with Crippen molar-refractivity contribution in [3.63, 3.8) is 0 Å². The van der Waals surface area contributed by atoms with E-state index in [1.54, 1.807) is 17.2 Å². The molecular weight excluding hydrogens is 459 g/mol. The lowest BCUT2D eigenvalue weighted by Gasteiger charge is -2.35. The Hall–Kier alpha value is -3.34. The Kier molecular flexibility index (Phi) is 9.08. The molecule has 2 aromatic rings. The molecule has 0 aliphatic carbocycles. The Morgan fingerprint density at radius 2 is 2.09 bits per heavy atom. The average Bonchev–Trinajstić information content (AvgIpc) is 2.81. The molecule has 1 aromatic carbocycles. The topological polar surface area (TPSA) is 115 Å². The van der Waals surface area contributed by atoms with E-state index in [0.717, 1.165) is 16.9 Å². The molecule has 0 unspecified atom stereocenters. The van der Waals surface area contributed by atoms with Gasteiger partial charge in [0.15, 0.2) is 11.7 Å². The number of hydrogen-bond donors (Lipinski definition) is 3. The maximum atomic E-state index is 14.0. The fourth-order valence-corrected chi connectivity index (χ4v) is 3.71. The number of nitrogens with one attached hydrogen (secondary N) is 1. The van der Waals surface area contributed by atoms with Gasteiger partial charge < -0.3 is 21.1 Å². The Bertz CT molecular complexity index is 1080. The number of aliphatic imine (C=N–C) groups is 1. The van der Waals surface area contributed by atoms with E-state index >= 15 is 0 Å². The van der Waals surface area contributed by atoms with Gasteiger partial charge in [-0.1, -0.05) is 30.3 Å². The minimum Gasteiger partial charge on any atom is -0.395 e. The second-order valence-electron chi connectivity index (χ2n) is 7.62. The predicted octanol–water partition coefficient (Wildman–Crippen LogP) is 2.93. The van der Waals surface area contributed by atoms with Gasteiger partial charge in [-0.2, -0.15) is 10.1 Å². The van der Waals surface area contributed by atoms with Crippen LogP contribution in [0.15, 0.2) is 64.1 Å². The number of guanidine groups is 1. The number of pyridine rings is 1. The first kappa shape index (κ1) is 25.3. The van der Waals surface area contributed by atoms with Gasteiger partial charge in [0.2, 0.25) is 5.96 Å². The molecule has 1 fully saturated rings. The zero-order valence-corrected chi connectivity index (χ0v) is 19.7. The van der Waals surface area contributed by atoms with Crippen LogP contribution in [0.4, 0.5) is 15.8 Å². The molecule has 1 saturated heterocycles. The number of aromatic nitrogens is 1. The van der Waals surface area contributed by atoms with Crippen LogP contribution in [0.5, 0.6) is 0 Å². The molecule has 9 nitrogen and oxygen atoms in total. The van der Waals surface area contributed by atoms with Crippen LogP contribution in [0.2, 0.25) is 5.02 Å². The van der Waals surface area contributed by atoms with Crippen LogP contribution in [0.1, 0.15) is 11.3 Å². The number of halogens is 2. The highest BCUT2D eigenvalue weighted by Gasteiger charge is 2.21. The summed E-state index contributed by atoms with van der Waals surface area (Å²) in [7, 11) is 0. The number of piperazine rings is 1. The van der Waals surface area contributed by atoms with Crippen LogP contribution in [0.25, 0.3) is 0 Å². The van der Waals surface area contributed by atoms with Gasteiger partial charge in [0.1, 0.15) is 0 Å². The van der Waals surface area contributed by atoms with Gasteiger partial charge in [-0.25, -0.2) is 4.39 Å². The van der Waals surface area contributed by atoms with Crippen LogP contribution in [0.3, 0.4) is 0 Å². The van der Waals surface area contributed by atoms with Crippen molar-refractivity contribution in [1.82, 2.24) is 14.8 Å². The lowest BCUT2D eigenvalue weighted by Crippen LogP contribution is -2.49. The van der Waals surface area contributed by atoms with Crippen molar-refractivity contribution >= 4 is 41.0 Å². The van der Waals surface area contributed by atoms with E-state index < -0.39 is 5.83 Å². The zero-order valence-electron chi connectivity index (χ0n) is 19.0. The second kappa shape index (κ2) is 12.2. The summed E-state index contributed by atoms with van der Waals surface area (Å²) in [6.45, 7) is 8.40. The molecule has 0 saturated carbocycles. The van der Waals surface area contributed by atoms with Crippen LogP contribution < -0.4 is 11.1 Å². The maximum Gasteiger partial charge on any atom is 0.242 e. The number of amidine groups is 1. The Labute approximate surface area is 203 Å². The number of aryl methyl sites for hydroxylation is 1. The molecule has 0 atom stereocenters. The molecule has 1 aromatic heterocycles. The third-order valence-electron chi connectivity index (χ3n) is 5.17. The van der Waals surface area contributed by atoms with Gasteiger partial charge in [-0.05, 0) is 30.7 Å². The molecule has 180 valence electrons. The van der Waals surface area contributed by atoms with Gasteiger partial charge >= 0.3 is 0 Å². The summed E-state index contributed by atoms with van der Waals surface area (Å²) in [4.78, 5) is 12.1. The van der Waals surface area contributed by atoms with Gasteiger partial charge in [0, 0.05) is 44.6 Å². The quantitative estimate of drug-likeness (QED) is 0.315. The summed E-state index contributed by atoms with van der Waals surface area (Å²) >= 11 is 6.28. The number of β-amino-alcohol motifs (C(OH)–C–C–N with tert-alkyl or cyclic N) is 1. The fraction of sp³-hybridized carbons (Fsp3) is 0.304. The van der Waals surface area contributed by atoms with Crippen molar-refractivity contribution in [2.45, 2.75) is 6.92 Å². The summed E-state index contributed by atoms with van der Waals surface area (Å²) in [5.74, 6) is -0.878. The van der Waals surface area contributed by atoms with Crippen LogP contribution >= 0.6 is 11.6 Å². The molecule has 1 aliphatic heterocycles. The molecule has 1 aliphatic rings. The summed E-state index contributed by atoms with van der Waals surface area (Å²) < 4.78 is 14.0. The average molecular weight is 487 g/mol. The monoisotopic (exact) mass is 486 g/mol. The van der Waals surface area contributed by atoms with Gasteiger partial charge in [-0.15, -0.1) is 5.10 Å². The summed E-state index contributed by atoms with van der Waals surface area (Å²) in [5.41, 5.74) is 8.98. The number of anilines is 2. The zero-order chi connectivity index (χ0) is 24.5. The van der Waals surface area contributed by atoms with E-state index in [4.69, 9.17) is 22.4 Å². The van der Waals surface area contributed by atoms with E-state index in [-0.39, 0.29) is 18.4 Å². The Morgan fingerprint density at radius 1 is 1.32 bits per heavy atom. The van der Waals surface area contributed by atoms with Crippen molar-refractivity contribution in [3.05, 3.63) is 65.2 Å². The Morgan fingerprint density at radius 3 is 2.76 bits per heavy atom. The Balaban J connectivity index is 1.67. The van der Waals surface area contributed by atoms with Crippen molar-refractivity contribution < 1.29 is 9.50 Å². The highest BCUT2D eigenvalue weighted by molar-refractivity contribution is 6.33. The number of para-hydroxylation sites is 1. The highest BCUT2D eigenvalue weighted by Crippen LogP contribution is 2.28. The molecule has 34 heavy (non-hydrogen) atoms. The normalized spacial score (nSPS) is 15.7. The van der Waals surface area contributed by atoms with Crippen molar-refractivity contribution in [2.24, 2.45) is 20.9 Å². The predicted molar refractivity (Wildman–Crippen MR) is 136 cm³/mol. The summed E-state index contributed by atoms with van der Waals surface area (Å²) in [5, 5.41) is 20.7. The smallest absolute Gasteiger partial charge is 0.242 e. The molecule has 4 N–H and O–H groups in total. The molecule has 11 heteroatoms.